The number of hydrogen-bond donors (Lipinski definition) is 2. The van der Waals surface area contributed by atoms with Gasteiger partial charge in [0.1, 0.15) is 5.69 Å². The first-order valence-electron chi connectivity index (χ1n) is 7.25. The number of amides is 1. The summed E-state index contributed by atoms with van der Waals surface area (Å²) in [5, 5.41) is 2.57. The fourth-order valence-electron chi connectivity index (χ4n) is 2.63. The third-order valence-electron chi connectivity index (χ3n) is 3.72. The molecule has 2 N–H and O–H groups in total. The Balaban J connectivity index is 2.15. The third kappa shape index (κ3) is 3.67. The molecule has 24 heavy (non-hydrogen) atoms. The molecular weight excluding hydrogens is 321 g/mol. The highest BCUT2D eigenvalue weighted by atomic mass is 19.4. The fourth-order valence-corrected chi connectivity index (χ4v) is 2.63. The topological polar surface area (TPSA) is 62.0 Å². The summed E-state index contributed by atoms with van der Waals surface area (Å²) >= 11 is 0. The van der Waals surface area contributed by atoms with Crippen LogP contribution in [-0.2, 0) is 12.7 Å². The molecule has 4 nitrogen and oxygen atoms in total. The number of rotatable bonds is 4. The van der Waals surface area contributed by atoms with Crippen molar-refractivity contribution in [1.29, 1.82) is 0 Å². The van der Waals surface area contributed by atoms with Crippen molar-refractivity contribution in [1.82, 2.24) is 10.3 Å². The molecule has 7 heteroatoms. The van der Waals surface area contributed by atoms with E-state index in [4.69, 9.17) is 0 Å². The average Bonchev–Trinajstić information content (AvgIpc) is 2.79. The molecule has 0 fully saturated rings. The van der Waals surface area contributed by atoms with Gasteiger partial charge in [-0.25, -0.2) is 0 Å². The normalized spacial score (nSPS) is 11.4. The zero-order chi connectivity index (χ0) is 18.1. The monoisotopic (exact) mass is 338 g/mol. The van der Waals surface area contributed by atoms with Gasteiger partial charge < -0.3 is 10.3 Å². The summed E-state index contributed by atoms with van der Waals surface area (Å²) in [5.74, 6) is -0.626. The van der Waals surface area contributed by atoms with Crippen molar-refractivity contribution < 1.29 is 22.8 Å². The first-order valence-corrected chi connectivity index (χ1v) is 7.25. The van der Waals surface area contributed by atoms with E-state index in [2.05, 4.69) is 10.3 Å². The number of H-pyrrole nitrogens is 1. The predicted octanol–water partition coefficient (Wildman–Crippen LogP) is 3.78. The SMILES string of the molecule is CC(=O)c1c(C)[nH]c(C(=O)NCc2cccc(C(F)(F)F)c2)c1C. The number of carbonyl (C=O) groups excluding carboxylic acids is 2. The molecule has 1 heterocycles. The van der Waals surface area contributed by atoms with Crippen LogP contribution in [0.5, 0.6) is 0 Å². The Morgan fingerprint density at radius 3 is 2.42 bits per heavy atom. The van der Waals surface area contributed by atoms with Gasteiger partial charge in [-0.2, -0.15) is 13.2 Å². The van der Waals surface area contributed by atoms with Crippen LogP contribution in [0, 0.1) is 13.8 Å². The summed E-state index contributed by atoms with van der Waals surface area (Å²) in [6.07, 6.45) is -4.43. The van der Waals surface area contributed by atoms with Crippen LogP contribution >= 0.6 is 0 Å². The number of Topliss-reactive ketones (excluding diaryl/α,β-unsaturated/α-hetero) is 1. The van der Waals surface area contributed by atoms with Gasteiger partial charge in [-0.3, -0.25) is 9.59 Å². The van der Waals surface area contributed by atoms with Crippen molar-refractivity contribution in [2.45, 2.75) is 33.5 Å². The number of aryl methyl sites for hydroxylation is 1. The van der Waals surface area contributed by atoms with Crippen molar-refractivity contribution in [3.63, 3.8) is 0 Å². The maximum Gasteiger partial charge on any atom is 0.416 e. The average molecular weight is 338 g/mol. The summed E-state index contributed by atoms with van der Waals surface area (Å²) in [7, 11) is 0. The van der Waals surface area contributed by atoms with Gasteiger partial charge in [0.05, 0.1) is 5.56 Å². The van der Waals surface area contributed by atoms with E-state index in [-0.39, 0.29) is 18.0 Å². The number of hydrogen-bond acceptors (Lipinski definition) is 2. The molecule has 1 amide bonds. The maximum absolute atomic E-state index is 12.7. The lowest BCUT2D eigenvalue weighted by atomic mass is 10.1. The van der Waals surface area contributed by atoms with E-state index < -0.39 is 17.6 Å². The van der Waals surface area contributed by atoms with Gasteiger partial charge in [-0.15, -0.1) is 0 Å². The van der Waals surface area contributed by atoms with E-state index in [0.29, 0.717) is 22.4 Å². The second kappa shape index (κ2) is 6.51. The third-order valence-corrected chi connectivity index (χ3v) is 3.72. The highest BCUT2D eigenvalue weighted by molar-refractivity contribution is 6.02. The number of halogens is 3. The molecule has 128 valence electrons. The Hall–Kier alpha value is -2.57. The quantitative estimate of drug-likeness (QED) is 0.834. The van der Waals surface area contributed by atoms with Gasteiger partial charge in [-0.05, 0) is 44.0 Å². The van der Waals surface area contributed by atoms with E-state index in [1.807, 2.05) is 0 Å². The molecule has 1 aromatic carbocycles. The van der Waals surface area contributed by atoms with Crippen LogP contribution in [0.3, 0.4) is 0 Å². The summed E-state index contributed by atoms with van der Waals surface area (Å²) in [5.41, 5.74) is 1.39. The fraction of sp³-hybridized carbons (Fsp3) is 0.294. The molecule has 2 aromatic rings. The first kappa shape index (κ1) is 17.8. The van der Waals surface area contributed by atoms with Crippen molar-refractivity contribution in [2.24, 2.45) is 0 Å². The standard InChI is InChI=1S/C17H17F3N2O2/c1-9-14(11(3)23)10(2)22-15(9)16(24)21-8-12-5-4-6-13(7-12)17(18,19)20/h4-7,22H,8H2,1-3H3,(H,21,24). The van der Waals surface area contributed by atoms with Crippen molar-refractivity contribution in [3.05, 3.63) is 57.9 Å². The van der Waals surface area contributed by atoms with Gasteiger partial charge in [0.25, 0.3) is 5.91 Å². The van der Waals surface area contributed by atoms with Crippen LogP contribution in [0.2, 0.25) is 0 Å². The second-order valence-electron chi connectivity index (χ2n) is 5.56. The van der Waals surface area contributed by atoms with Crippen LogP contribution in [0.1, 0.15) is 50.2 Å². The smallest absolute Gasteiger partial charge is 0.354 e. The number of carbonyl (C=O) groups is 2. The highest BCUT2D eigenvalue weighted by Gasteiger charge is 2.30. The van der Waals surface area contributed by atoms with E-state index >= 15 is 0 Å². The van der Waals surface area contributed by atoms with Gasteiger partial charge >= 0.3 is 6.18 Å². The first-order chi connectivity index (χ1) is 11.1. The molecule has 1 aromatic heterocycles. The van der Waals surface area contributed by atoms with Gasteiger partial charge in [0, 0.05) is 17.8 Å². The van der Waals surface area contributed by atoms with Crippen molar-refractivity contribution in [3.8, 4) is 0 Å². The molecule has 0 saturated carbocycles. The zero-order valence-electron chi connectivity index (χ0n) is 13.5. The lowest BCUT2D eigenvalue weighted by molar-refractivity contribution is -0.137. The second-order valence-corrected chi connectivity index (χ2v) is 5.56. The van der Waals surface area contributed by atoms with Crippen LogP contribution in [0.15, 0.2) is 24.3 Å². The van der Waals surface area contributed by atoms with Crippen LogP contribution < -0.4 is 5.32 Å². The zero-order valence-corrected chi connectivity index (χ0v) is 13.5. The Bertz CT molecular complexity index is 792. The van der Waals surface area contributed by atoms with Gasteiger partial charge in [-0.1, -0.05) is 12.1 Å². The minimum Gasteiger partial charge on any atom is -0.354 e. The maximum atomic E-state index is 12.7. The molecule has 0 radical (unpaired) electrons. The van der Waals surface area contributed by atoms with E-state index in [1.54, 1.807) is 13.8 Å². The Morgan fingerprint density at radius 2 is 1.88 bits per heavy atom. The summed E-state index contributed by atoms with van der Waals surface area (Å²) in [6.45, 7) is 4.70. The number of ketones is 1. The summed E-state index contributed by atoms with van der Waals surface area (Å²) < 4.78 is 38.0. The van der Waals surface area contributed by atoms with Crippen molar-refractivity contribution in [2.75, 3.05) is 0 Å². The molecule has 0 saturated heterocycles. The Kier molecular flexibility index (Phi) is 4.82. The predicted molar refractivity (Wildman–Crippen MR) is 82.9 cm³/mol. The van der Waals surface area contributed by atoms with E-state index in [9.17, 15) is 22.8 Å². The van der Waals surface area contributed by atoms with Crippen LogP contribution in [0.4, 0.5) is 13.2 Å². The summed E-state index contributed by atoms with van der Waals surface area (Å²) in [6, 6.07) is 4.77. The Labute approximate surface area is 137 Å². The lowest BCUT2D eigenvalue weighted by Crippen LogP contribution is -2.24. The molecule has 0 atom stereocenters. The highest BCUT2D eigenvalue weighted by Crippen LogP contribution is 2.29. The lowest BCUT2D eigenvalue weighted by Gasteiger charge is -2.09. The number of aromatic amines is 1. The number of aromatic nitrogens is 1. The molecular formula is C17H17F3N2O2. The molecule has 0 aliphatic carbocycles. The van der Waals surface area contributed by atoms with Gasteiger partial charge in [0.2, 0.25) is 0 Å². The number of benzene rings is 1. The van der Waals surface area contributed by atoms with E-state index in [0.717, 1.165) is 12.1 Å². The van der Waals surface area contributed by atoms with Crippen LogP contribution in [-0.4, -0.2) is 16.7 Å². The molecule has 2 rings (SSSR count). The van der Waals surface area contributed by atoms with Gasteiger partial charge in [0.15, 0.2) is 5.78 Å². The minimum absolute atomic E-state index is 0.0460. The minimum atomic E-state index is -4.43. The van der Waals surface area contributed by atoms with E-state index in [1.165, 1.54) is 19.1 Å². The molecule has 0 aliphatic rings. The molecule has 0 aliphatic heterocycles. The largest absolute Gasteiger partial charge is 0.416 e. The van der Waals surface area contributed by atoms with Crippen LogP contribution in [0.25, 0.3) is 0 Å². The Morgan fingerprint density at radius 1 is 1.21 bits per heavy atom. The summed E-state index contributed by atoms with van der Waals surface area (Å²) in [4.78, 5) is 26.7. The van der Waals surface area contributed by atoms with Crippen molar-refractivity contribution >= 4 is 11.7 Å². The number of nitrogens with one attached hydrogen (secondary N) is 2. The molecule has 0 unspecified atom stereocenters. The number of alkyl halides is 3. The molecule has 0 spiro atoms. The molecule has 0 bridgehead atoms.